The van der Waals surface area contributed by atoms with Crippen LogP contribution in [0.2, 0.25) is 0 Å². The quantitative estimate of drug-likeness (QED) is 0.458. The van der Waals surface area contributed by atoms with E-state index >= 15 is 0 Å². The Balaban J connectivity index is 1.64. The third-order valence-electron chi connectivity index (χ3n) is 8.49. The molecule has 144 valence electrons. The van der Waals surface area contributed by atoms with E-state index in [-0.39, 0.29) is 34.9 Å². The van der Waals surface area contributed by atoms with Crippen LogP contribution in [-0.4, -0.2) is 29.3 Å². The van der Waals surface area contributed by atoms with Gasteiger partial charge in [0, 0.05) is 13.3 Å². The number of esters is 1. The summed E-state index contributed by atoms with van der Waals surface area (Å²) in [5.41, 5.74) is 1.30. The molecule has 0 bridgehead atoms. The molecule has 3 saturated carbocycles. The van der Waals surface area contributed by atoms with Gasteiger partial charge < -0.3 is 9.84 Å². The van der Waals surface area contributed by atoms with Crippen LogP contribution >= 0.6 is 0 Å². The normalized spacial score (nSPS) is 50.1. The van der Waals surface area contributed by atoms with Gasteiger partial charge in [0.15, 0.2) is 0 Å². The van der Waals surface area contributed by atoms with Gasteiger partial charge in [-0.3, -0.25) is 4.79 Å². The molecule has 4 aliphatic carbocycles. The molecule has 0 spiro atoms. The summed E-state index contributed by atoms with van der Waals surface area (Å²) in [7, 11) is 0. The molecule has 0 aromatic carbocycles. The second kappa shape index (κ2) is 6.15. The van der Waals surface area contributed by atoms with Crippen molar-refractivity contribution in [2.75, 3.05) is 0 Å². The molecular formula is C21H31NO4. The monoisotopic (exact) mass is 361 g/mol. The second-order valence-electron chi connectivity index (χ2n) is 9.61. The summed E-state index contributed by atoms with van der Waals surface area (Å²) < 4.78 is 5.46. The highest BCUT2D eigenvalue weighted by molar-refractivity contribution is 5.66. The van der Waals surface area contributed by atoms with E-state index in [2.05, 4.69) is 25.1 Å². The average molecular weight is 361 g/mol. The van der Waals surface area contributed by atoms with E-state index in [0.717, 1.165) is 44.9 Å². The molecule has 4 unspecified atom stereocenters. The van der Waals surface area contributed by atoms with Crippen molar-refractivity contribution >= 4 is 5.97 Å². The molecule has 0 heterocycles. The Kier molecular flexibility index (Phi) is 4.29. The number of aliphatic hydroxyl groups is 1. The Morgan fingerprint density at radius 3 is 2.65 bits per heavy atom. The highest BCUT2D eigenvalue weighted by atomic mass is 16.5. The van der Waals surface area contributed by atoms with Crippen LogP contribution in [0.4, 0.5) is 0 Å². The predicted octanol–water partition coefficient (Wildman–Crippen LogP) is 3.99. The van der Waals surface area contributed by atoms with Crippen LogP contribution in [0.1, 0.15) is 65.7 Å². The van der Waals surface area contributed by atoms with E-state index in [4.69, 9.17) is 4.74 Å². The van der Waals surface area contributed by atoms with E-state index in [9.17, 15) is 14.8 Å². The van der Waals surface area contributed by atoms with Gasteiger partial charge in [0.2, 0.25) is 0 Å². The first-order valence-corrected chi connectivity index (χ1v) is 10.2. The second-order valence-corrected chi connectivity index (χ2v) is 9.61. The largest absolute Gasteiger partial charge is 0.462 e. The maximum absolute atomic E-state index is 11.4. The fourth-order valence-electron chi connectivity index (χ4n) is 7.10. The van der Waals surface area contributed by atoms with Crippen LogP contribution in [-0.2, 0) is 9.53 Å². The molecule has 4 rings (SSSR count). The zero-order valence-electron chi connectivity index (χ0n) is 16.1. The fourth-order valence-corrected chi connectivity index (χ4v) is 7.10. The van der Waals surface area contributed by atoms with E-state index in [1.54, 1.807) is 0 Å². The third-order valence-corrected chi connectivity index (χ3v) is 8.49. The average Bonchev–Trinajstić information content (AvgIpc) is 2.92. The van der Waals surface area contributed by atoms with Gasteiger partial charge in [0.1, 0.15) is 6.10 Å². The summed E-state index contributed by atoms with van der Waals surface area (Å²) in [6.07, 6.45) is 8.12. The molecule has 3 fully saturated rings. The standard InChI is InChI=1S/C21H31NO4/c1-12(23)26-14-6-8-20(2)13(10-14)11-17(24)19-15-4-5-18(22-25)21(15,3)9-7-16(19)20/h11,14-19,24H,4-10H2,1-3H3/t14-,15?,16?,17-,18?,19?,20-,21-/m0/s1. The van der Waals surface area contributed by atoms with Gasteiger partial charge in [-0.15, -0.1) is 0 Å². The van der Waals surface area contributed by atoms with E-state index in [1.165, 1.54) is 12.5 Å². The topological polar surface area (TPSA) is 76.0 Å². The molecule has 5 heteroatoms. The van der Waals surface area contributed by atoms with Crippen molar-refractivity contribution in [2.45, 2.75) is 84.0 Å². The van der Waals surface area contributed by atoms with Crippen molar-refractivity contribution in [1.82, 2.24) is 0 Å². The Bertz CT molecular complexity index is 646. The molecule has 1 N–H and O–H groups in total. The molecule has 0 saturated heterocycles. The first kappa shape index (κ1) is 18.1. The van der Waals surface area contributed by atoms with Crippen molar-refractivity contribution in [3.8, 4) is 0 Å². The summed E-state index contributed by atoms with van der Waals surface area (Å²) in [6.45, 7) is 6.03. The third kappa shape index (κ3) is 2.49. The Morgan fingerprint density at radius 2 is 1.96 bits per heavy atom. The highest BCUT2D eigenvalue weighted by Crippen LogP contribution is 2.65. The van der Waals surface area contributed by atoms with Crippen molar-refractivity contribution in [3.05, 3.63) is 16.6 Å². The van der Waals surface area contributed by atoms with Crippen LogP contribution < -0.4 is 0 Å². The van der Waals surface area contributed by atoms with E-state index in [1.807, 2.05) is 0 Å². The minimum absolute atomic E-state index is 0.0550. The predicted molar refractivity (Wildman–Crippen MR) is 98.2 cm³/mol. The molecule has 0 aromatic heterocycles. The zero-order valence-corrected chi connectivity index (χ0v) is 16.1. The van der Waals surface area contributed by atoms with Gasteiger partial charge in [0.25, 0.3) is 0 Å². The van der Waals surface area contributed by atoms with Gasteiger partial charge in [0.05, 0.1) is 12.1 Å². The van der Waals surface area contributed by atoms with Crippen molar-refractivity contribution in [3.63, 3.8) is 0 Å². The molecular weight excluding hydrogens is 330 g/mol. The Morgan fingerprint density at radius 1 is 1.19 bits per heavy atom. The SMILES string of the molecule is CC(=O)O[C@H]1CC[C@@]2(C)C(=C[C@H](O)C3C4CCC(N=O)[C@@]4(C)CCC32)C1. The minimum Gasteiger partial charge on any atom is -0.462 e. The van der Waals surface area contributed by atoms with Crippen molar-refractivity contribution in [1.29, 1.82) is 0 Å². The maximum Gasteiger partial charge on any atom is 0.302 e. The van der Waals surface area contributed by atoms with Gasteiger partial charge in [-0.05, 0) is 67.1 Å². The minimum atomic E-state index is -0.464. The summed E-state index contributed by atoms with van der Waals surface area (Å²) in [5.74, 6) is 0.818. The fraction of sp³-hybridized carbons (Fsp3) is 0.857. The van der Waals surface area contributed by atoms with E-state index < -0.39 is 6.10 Å². The summed E-state index contributed by atoms with van der Waals surface area (Å²) in [5, 5.41) is 14.5. The lowest BCUT2D eigenvalue weighted by Crippen LogP contribution is -2.55. The van der Waals surface area contributed by atoms with Crippen LogP contribution in [0.3, 0.4) is 0 Å². The van der Waals surface area contributed by atoms with Crippen LogP contribution in [0, 0.1) is 33.5 Å². The number of ether oxygens (including phenoxy) is 1. The molecule has 5 nitrogen and oxygen atoms in total. The van der Waals surface area contributed by atoms with Crippen molar-refractivity contribution in [2.24, 2.45) is 33.8 Å². The number of carbonyl (C=O) groups is 1. The molecule has 8 atom stereocenters. The number of rotatable bonds is 2. The number of hydrogen-bond acceptors (Lipinski definition) is 5. The van der Waals surface area contributed by atoms with Crippen LogP contribution in [0.15, 0.2) is 16.8 Å². The lowest BCUT2D eigenvalue weighted by Gasteiger charge is -2.58. The Labute approximate surface area is 155 Å². The summed E-state index contributed by atoms with van der Waals surface area (Å²) in [4.78, 5) is 22.7. The number of nitroso groups, excluding NO2 is 1. The van der Waals surface area contributed by atoms with E-state index in [0.29, 0.717) is 11.8 Å². The zero-order chi connectivity index (χ0) is 18.7. The lowest BCUT2D eigenvalue weighted by molar-refractivity contribution is -0.149. The number of nitrogens with zero attached hydrogens (tertiary/aromatic N) is 1. The van der Waals surface area contributed by atoms with Crippen molar-refractivity contribution < 1.29 is 14.6 Å². The van der Waals surface area contributed by atoms with Gasteiger partial charge >= 0.3 is 5.97 Å². The van der Waals surface area contributed by atoms with Gasteiger partial charge in [-0.25, -0.2) is 0 Å². The first-order chi connectivity index (χ1) is 12.3. The van der Waals surface area contributed by atoms with Crippen LogP contribution in [0.5, 0.6) is 0 Å². The molecule has 26 heavy (non-hydrogen) atoms. The number of fused-ring (bicyclic) bond motifs is 5. The molecule has 4 aliphatic rings. The summed E-state index contributed by atoms with van der Waals surface area (Å²) in [6, 6.07) is -0.0986. The summed E-state index contributed by atoms with van der Waals surface area (Å²) >= 11 is 0. The van der Waals surface area contributed by atoms with Crippen LogP contribution in [0.25, 0.3) is 0 Å². The number of aliphatic hydroxyl groups excluding tert-OH is 1. The first-order valence-electron chi connectivity index (χ1n) is 10.2. The maximum atomic E-state index is 11.4. The number of carbonyl (C=O) groups excluding carboxylic acids is 1. The number of hydrogen-bond donors (Lipinski definition) is 1. The Hall–Kier alpha value is -1.23. The smallest absolute Gasteiger partial charge is 0.302 e. The molecule has 0 aromatic rings. The lowest BCUT2D eigenvalue weighted by atomic mass is 9.47. The molecule has 0 amide bonds. The molecule has 0 radical (unpaired) electrons. The van der Waals surface area contributed by atoms with Gasteiger partial charge in [-0.1, -0.05) is 30.7 Å². The molecule has 0 aliphatic heterocycles. The van der Waals surface area contributed by atoms with Gasteiger partial charge in [-0.2, -0.15) is 4.91 Å². The highest BCUT2D eigenvalue weighted by Gasteiger charge is 2.61.